The van der Waals surface area contributed by atoms with E-state index >= 15 is 0 Å². The van der Waals surface area contributed by atoms with Gasteiger partial charge in [-0.25, -0.2) is 18.4 Å². The Hall–Kier alpha value is -3.89. The fourth-order valence-corrected chi connectivity index (χ4v) is 3.99. The first-order valence-electron chi connectivity index (χ1n) is 11.1. The molecule has 0 atom stereocenters. The first-order chi connectivity index (χ1) is 16.5. The molecule has 0 saturated carbocycles. The van der Waals surface area contributed by atoms with E-state index in [9.17, 15) is 13.6 Å². The van der Waals surface area contributed by atoms with Crippen molar-refractivity contribution >= 4 is 17.5 Å². The van der Waals surface area contributed by atoms with Crippen molar-refractivity contribution in [2.45, 2.75) is 26.3 Å². The van der Waals surface area contributed by atoms with Gasteiger partial charge in [-0.1, -0.05) is 11.2 Å². The minimum atomic E-state index is -0.365. The van der Waals surface area contributed by atoms with Crippen molar-refractivity contribution in [3.05, 3.63) is 59.8 Å². The third kappa shape index (κ3) is 4.59. The lowest BCUT2D eigenvalue weighted by Gasteiger charge is -2.33. The number of carbonyl (C=O) groups is 1. The number of carbonyl (C=O) groups excluding carboxylic acids is 1. The Morgan fingerprint density at radius 1 is 1.03 bits per heavy atom. The van der Waals surface area contributed by atoms with Gasteiger partial charge in [0.15, 0.2) is 11.6 Å². The van der Waals surface area contributed by atoms with Gasteiger partial charge >= 0.3 is 6.01 Å². The highest BCUT2D eigenvalue weighted by Crippen LogP contribution is 2.28. The van der Waals surface area contributed by atoms with Crippen LogP contribution >= 0.6 is 0 Å². The maximum atomic E-state index is 13.5. The van der Waals surface area contributed by atoms with Gasteiger partial charge in [0.1, 0.15) is 18.2 Å². The van der Waals surface area contributed by atoms with E-state index in [1.54, 1.807) is 30.0 Å². The molecule has 2 aliphatic rings. The molecule has 1 aromatic carbocycles. The van der Waals surface area contributed by atoms with E-state index in [2.05, 4.69) is 20.3 Å². The molecule has 34 heavy (non-hydrogen) atoms. The summed E-state index contributed by atoms with van der Waals surface area (Å²) in [5.41, 5.74) is 1.43. The number of aryl methyl sites for hydroxylation is 1. The third-order valence-electron chi connectivity index (χ3n) is 5.86. The topological polar surface area (TPSA) is 93.2 Å². The average molecular weight is 467 g/mol. The first kappa shape index (κ1) is 21.9. The van der Waals surface area contributed by atoms with Gasteiger partial charge < -0.3 is 14.2 Å². The second-order valence-corrected chi connectivity index (χ2v) is 8.20. The highest BCUT2D eigenvalue weighted by atomic mass is 19.1. The number of rotatable bonds is 5. The van der Waals surface area contributed by atoms with Crippen LogP contribution in [-0.2, 0) is 11.3 Å². The van der Waals surface area contributed by atoms with Crippen LogP contribution in [0.1, 0.15) is 24.6 Å². The Bertz CT molecular complexity index is 1250. The number of allylic oxidation sites excluding steroid dienone is 4. The Labute approximate surface area is 194 Å². The number of nitrogens with zero attached hydrogens (tertiary/aromatic N) is 7. The van der Waals surface area contributed by atoms with Crippen LogP contribution in [0.25, 0.3) is 17.0 Å². The number of hydrogen-bond acceptors (Lipinski definition) is 7. The zero-order chi connectivity index (χ0) is 23.7. The predicted octanol–water partition coefficient (Wildman–Crippen LogP) is 3.16. The first-order valence-corrected chi connectivity index (χ1v) is 11.1. The van der Waals surface area contributed by atoms with Gasteiger partial charge in [-0.05, 0) is 42.3 Å². The molecule has 3 aromatic rings. The van der Waals surface area contributed by atoms with Gasteiger partial charge in [0.2, 0.25) is 11.8 Å². The molecule has 1 saturated heterocycles. The second-order valence-electron chi connectivity index (χ2n) is 8.20. The number of hydrogen-bond donors (Lipinski definition) is 0. The molecule has 0 N–H and O–H groups in total. The summed E-state index contributed by atoms with van der Waals surface area (Å²) in [4.78, 5) is 21.4. The fourth-order valence-electron chi connectivity index (χ4n) is 3.99. The second kappa shape index (κ2) is 9.16. The summed E-state index contributed by atoms with van der Waals surface area (Å²) in [5.74, 6) is 0.731. The summed E-state index contributed by atoms with van der Waals surface area (Å²) in [6.07, 6.45) is 3.83. The summed E-state index contributed by atoms with van der Waals surface area (Å²) in [6, 6.07) is 6.34. The molecular formula is C23H23F2N7O2. The van der Waals surface area contributed by atoms with E-state index < -0.39 is 0 Å². The molecule has 5 rings (SSSR count). The van der Waals surface area contributed by atoms with Gasteiger partial charge in [-0.2, -0.15) is 5.10 Å². The van der Waals surface area contributed by atoms with Crippen molar-refractivity contribution in [2.75, 3.05) is 31.1 Å². The minimum absolute atomic E-state index is 0.0170. The molecule has 3 heterocycles. The number of benzene rings is 1. The summed E-state index contributed by atoms with van der Waals surface area (Å²) in [6.45, 7) is 3.87. The molecule has 0 radical (unpaired) electrons. The van der Waals surface area contributed by atoms with Gasteiger partial charge in [0.25, 0.3) is 0 Å². The summed E-state index contributed by atoms with van der Waals surface area (Å²) < 4.78 is 33.9. The standard InChI is InChI=1S/C23H23F2N7O2/c1-15-27-28-23(34-15)31-12-10-30(11-13-31)20(33)14-32-22(17-4-8-19(25)9-5-17)26-21(29-32)16-2-6-18(24)7-3-16/h2,4-6,8-9H,3,7,10-14H2,1H3. The van der Waals surface area contributed by atoms with Crippen molar-refractivity contribution < 1.29 is 18.0 Å². The number of aromatic nitrogens is 5. The lowest BCUT2D eigenvalue weighted by molar-refractivity contribution is -0.132. The Kier molecular flexibility index (Phi) is 5.91. The van der Waals surface area contributed by atoms with Gasteiger partial charge in [-0.3, -0.25) is 4.79 Å². The molecule has 1 amide bonds. The Morgan fingerprint density at radius 2 is 1.79 bits per heavy atom. The van der Waals surface area contributed by atoms with Crippen LogP contribution in [0, 0.1) is 12.7 Å². The molecule has 0 spiro atoms. The maximum Gasteiger partial charge on any atom is 0.318 e. The molecule has 1 aliphatic carbocycles. The molecular weight excluding hydrogens is 444 g/mol. The quantitative estimate of drug-likeness (QED) is 0.569. The lowest BCUT2D eigenvalue weighted by Crippen LogP contribution is -2.49. The van der Waals surface area contributed by atoms with E-state index in [-0.39, 0.29) is 30.5 Å². The molecule has 9 nitrogen and oxygen atoms in total. The Morgan fingerprint density at radius 3 is 2.44 bits per heavy atom. The van der Waals surface area contributed by atoms with Crippen LogP contribution in [0.15, 0.2) is 46.7 Å². The SMILES string of the molecule is Cc1nnc(N2CCN(C(=O)Cn3nc(C4=CC=C(F)CC4)nc3-c3ccc(F)cc3)CC2)o1. The minimum Gasteiger partial charge on any atom is -0.408 e. The van der Waals surface area contributed by atoms with E-state index in [1.807, 2.05) is 4.90 Å². The zero-order valence-corrected chi connectivity index (χ0v) is 18.6. The molecule has 11 heteroatoms. The van der Waals surface area contributed by atoms with Crippen LogP contribution in [0.2, 0.25) is 0 Å². The number of anilines is 1. The van der Waals surface area contributed by atoms with Gasteiger partial charge in [0.05, 0.1) is 0 Å². The zero-order valence-electron chi connectivity index (χ0n) is 18.6. The molecule has 1 fully saturated rings. The van der Waals surface area contributed by atoms with Crippen LogP contribution < -0.4 is 4.90 Å². The Balaban J connectivity index is 1.35. The smallest absolute Gasteiger partial charge is 0.318 e. The average Bonchev–Trinajstić information content (AvgIpc) is 3.47. The molecule has 0 unspecified atom stereocenters. The predicted molar refractivity (Wildman–Crippen MR) is 120 cm³/mol. The van der Waals surface area contributed by atoms with E-state index in [0.717, 1.165) is 5.57 Å². The third-order valence-corrected chi connectivity index (χ3v) is 5.86. The van der Waals surface area contributed by atoms with Crippen LogP contribution in [-0.4, -0.2) is 61.9 Å². The van der Waals surface area contributed by atoms with Gasteiger partial charge in [-0.15, -0.1) is 5.10 Å². The highest BCUT2D eigenvalue weighted by molar-refractivity contribution is 5.77. The summed E-state index contributed by atoms with van der Waals surface area (Å²) >= 11 is 0. The van der Waals surface area contributed by atoms with Crippen molar-refractivity contribution in [3.8, 4) is 11.4 Å². The lowest BCUT2D eigenvalue weighted by atomic mass is 10.0. The van der Waals surface area contributed by atoms with E-state index in [4.69, 9.17) is 4.42 Å². The monoisotopic (exact) mass is 467 g/mol. The van der Waals surface area contributed by atoms with Crippen molar-refractivity contribution in [3.63, 3.8) is 0 Å². The number of halogens is 2. The molecule has 1 aliphatic heterocycles. The highest BCUT2D eigenvalue weighted by Gasteiger charge is 2.26. The van der Waals surface area contributed by atoms with Crippen LogP contribution in [0.3, 0.4) is 0 Å². The largest absolute Gasteiger partial charge is 0.408 e. The van der Waals surface area contributed by atoms with E-state index in [0.29, 0.717) is 61.7 Å². The number of piperazine rings is 1. The molecule has 2 aromatic heterocycles. The van der Waals surface area contributed by atoms with E-state index in [1.165, 1.54) is 22.9 Å². The number of amides is 1. The molecule has 176 valence electrons. The van der Waals surface area contributed by atoms with Crippen LogP contribution in [0.5, 0.6) is 0 Å². The van der Waals surface area contributed by atoms with Crippen molar-refractivity contribution in [2.24, 2.45) is 0 Å². The molecule has 0 bridgehead atoms. The summed E-state index contributed by atoms with van der Waals surface area (Å²) in [5, 5.41) is 12.4. The fraction of sp³-hybridized carbons (Fsp3) is 0.348. The van der Waals surface area contributed by atoms with Crippen molar-refractivity contribution in [1.29, 1.82) is 0 Å². The van der Waals surface area contributed by atoms with Gasteiger partial charge in [0, 0.05) is 45.1 Å². The summed E-state index contributed by atoms with van der Waals surface area (Å²) in [7, 11) is 0. The van der Waals surface area contributed by atoms with Crippen LogP contribution in [0.4, 0.5) is 14.8 Å². The normalized spacial score (nSPS) is 16.4. The maximum absolute atomic E-state index is 13.5. The van der Waals surface area contributed by atoms with Crippen molar-refractivity contribution in [1.82, 2.24) is 29.9 Å².